The molecule has 0 aliphatic rings. The van der Waals surface area contributed by atoms with Gasteiger partial charge >= 0.3 is 0 Å². The zero-order valence-electron chi connectivity index (χ0n) is 13.3. The second kappa shape index (κ2) is 6.00. The molecule has 3 heterocycles. The first-order valence-electron chi connectivity index (χ1n) is 7.24. The summed E-state index contributed by atoms with van der Waals surface area (Å²) < 4.78 is 3.92. The molecule has 0 amide bonds. The molecule has 0 unspecified atom stereocenters. The van der Waals surface area contributed by atoms with Crippen LogP contribution in [0.3, 0.4) is 0 Å². The summed E-state index contributed by atoms with van der Waals surface area (Å²) in [6.07, 6.45) is 3.78. The average molecular weight is 316 g/mol. The van der Waals surface area contributed by atoms with E-state index in [2.05, 4.69) is 27.3 Å². The molecule has 116 valence electrons. The Morgan fingerprint density at radius 2 is 2.09 bits per heavy atom. The van der Waals surface area contributed by atoms with Crippen LogP contribution >= 0.6 is 11.8 Å². The van der Waals surface area contributed by atoms with Crippen LogP contribution in [0.5, 0.6) is 0 Å². The number of imidazole rings is 1. The minimum absolute atomic E-state index is 0.841. The first kappa shape index (κ1) is 14.9. The Morgan fingerprint density at radius 1 is 1.27 bits per heavy atom. The molecular formula is C15H20N6S. The molecule has 0 aliphatic heterocycles. The largest absolute Gasteiger partial charge is 0.369 e. The average Bonchev–Trinajstić information content (AvgIpc) is 3.01. The van der Waals surface area contributed by atoms with Crippen molar-refractivity contribution >= 4 is 23.2 Å². The zero-order chi connectivity index (χ0) is 15.7. The molecule has 0 radical (unpaired) electrons. The van der Waals surface area contributed by atoms with E-state index in [9.17, 15) is 0 Å². The fraction of sp³-hybridized carbons (Fsp3) is 0.400. The monoisotopic (exact) mass is 316 g/mol. The van der Waals surface area contributed by atoms with E-state index < -0.39 is 0 Å². The Labute approximate surface area is 134 Å². The van der Waals surface area contributed by atoms with Crippen molar-refractivity contribution in [3.8, 4) is 0 Å². The molecule has 3 aromatic rings. The van der Waals surface area contributed by atoms with Gasteiger partial charge in [-0.25, -0.2) is 9.97 Å². The summed E-state index contributed by atoms with van der Waals surface area (Å²) in [5.41, 5.74) is 4.07. The van der Waals surface area contributed by atoms with E-state index in [4.69, 9.17) is 0 Å². The Kier molecular flexibility index (Phi) is 4.06. The van der Waals surface area contributed by atoms with Crippen molar-refractivity contribution < 1.29 is 0 Å². The summed E-state index contributed by atoms with van der Waals surface area (Å²) >= 11 is 1.73. The van der Waals surface area contributed by atoms with Gasteiger partial charge in [0.05, 0.1) is 5.69 Å². The lowest BCUT2D eigenvalue weighted by atomic mass is 10.3. The quantitative estimate of drug-likeness (QED) is 0.579. The first-order valence-corrected chi connectivity index (χ1v) is 8.22. The number of thioether (sulfide) groups is 1. The molecule has 7 heteroatoms. The number of hydrogen-bond donors (Lipinski definition) is 1. The number of nitrogens with one attached hydrogen (secondary N) is 1. The van der Waals surface area contributed by atoms with Crippen LogP contribution in [-0.2, 0) is 7.05 Å². The van der Waals surface area contributed by atoms with Gasteiger partial charge in [-0.3, -0.25) is 0 Å². The summed E-state index contributed by atoms with van der Waals surface area (Å²) in [5, 5.41) is 9.05. The zero-order valence-corrected chi connectivity index (χ0v) is 14.1. The number of fused-ring (bicyclic) bond motifs is 1. The second-order valence-electron chi connectivity index (χ2n) is 5.32. The van der Waals surface area contributed by atoms with Gasteiger partial charge in [0.15, 0.2) is 10.8 Å². The second-order valence-corrected chi connectivity index (χ2v) is 6.39. The standard InChI is InChI=1S/C15H20N6S/c1-10-9-13(21-14(18-10)11(2)12(3)19-21)16-6-8-22-15-17-5-7-20(15)4/h5,7,9,16H,6,8H2,1-4H3. The highest BCUT2D eigenvalue weighted by atomic mass is 32.2. The maximum absolute atomic E-state index is 4.58. The topological polar surface area (TPSA) is 60.0 Å². The highest BCUT2D eigenvalue weighted by Crippen LogP contribution is 2.19. The van der Waals surface area contributed by atoms with E-state index in [0.29, 0.717) is 0 Å². The van der Waals surface area contributed by atoms with Gasteiger partial charge in [-0.15, -0.1) is 0 Å². The molecule has 0 spiro atoms. The van der Waals surface area contributed by atoms with Gasteiger partial charge in [0.25, 0.3) is 0 Å². The number of rotatable bonds is 5. The van der Waals surface area contributed by atoms with Crippen LogP contribution in [0.2, 0.25) is 0 Å². The van der Waals surface area contributed by atoms with Gasteiger partial charge in [-0.05, 0) is 20.8 Å². The molecule has 3 aromatic heterocycles. The summed E-state index contributed by atoms with van der Waals surface area (Å²) in [6.45, 7) is 6.93. The third-order valence-corrected chi connectivity index (χ3v) is 4.66. The van der Waals surface area contributed by atoms with Gasteiger partial charge in [0, 0.05) is 49.1 Å². The lowest BCUT2D eigenvalue weighted by Gasteiger charge is -2.09. The van der Waals surface area contributed by atoms with E-state index in [-0.39, 0.29) is 0 Å². The third-order valence-electron chi connectivity index (χ3n) is 3.60. The van der Waals surface area contributed by atoms with Gasteiger partial charge in [-0.2, -0.15) is 9.61 Å². The van der Waals surface area contributed by atoms with Crippen LogP contribution in [0.15, 0.2) is 23.6 Å². The molecule has 1 N–H and O–H groups in total. The molecular weight excluding hydrogens is 296 g/mol. The molecule has 0 bridgehead atoms. The van der Waals surface area contributed by atoms with Crippen LogP contribution in [0.25, 0.3) is 5.65 Å². The summed E-state index contributed by atoms with van der Waals surface area (Å²) in [4.78, 5) is 8.89. The predicted molar refractivity (Wildman–Crippen MR) is 89.6 cm³/mol. The smallest absolute Gasteiger partial charge is 0.167 e. The van der Waals surface area contributed by atoms with Crippen LogP contribution in [0.1, 0.15) is 17.0 Å². The Morgan fingerprint density at radius 3 is 2.82 bits per heavy atom. The molecule has 0 atom stereocenters. The van der Waals surface area contributed by atoms with Crippen LogP contribution in [-0.4, -0.2) is 36.4 Å². The maximum Gasteiger partial charge on any atom is 0.167 e. The normalized spacial score (nSPS) is 11.3. The number of nitrogens with zero attached hydrogens (tertiary/aromatic N) is 5. The minimum Gasteiger partial charge on any atom is -0.369 e. The minimum atomic E-state index is 0.841. The van der Waals surface area contributed by atoms with Crippen LogP contribution < -0.4 is 5.32 Å². The SMILES string of the molecule is Cc1cc(NCCSc2nccn2C)n2nc(C)c(C)c2n1. The molecule has 6 nitrogen and oxygen atoms in total. The third kappa shape index (κ3) is 2.81. The number of hydrogen-bond acceptors (Lipinski definition) is 5. The molecule has 0 fully saturated rings. The van der Waals surface area contributed by atoms with Crippen molar-refractivity contribution in [1.29, 1.82) is 0 Å². The van der Waals surface area contributed by atoms with Crippen molar-refractivity contribution in [3.05, 3.63) is 35.4 Å². The highest BCUT2D eigenvalue weighted by molar-refractivity contribution is 7.99. The summed E-state index contributed by atoms with van der Waals surface area (Å²) in [5.74, 6) is 1.92. The Balaban J connectivity index is 1.71. The van der Waals surface area contributed by atoms with E-state index >= 15 is 0 Å². The van der Waals surface area contributed by atoms with Crippen LogP contribution in [0.4, 0.5) is 5.82 Å². The lowest BCUT2D eigenvalue weighted by molar-refractivity contribution is 0.790. The van der Waals surface area contributed by atoms with E-state index in [1.165, 1.54) is 0 Å². The number of aromatic nitrogens is 5. The molecule has 0 aromatic carbocycles. The van der Waals surface area contributed by atoms with Gasteiger partial charge in [-0.1, -0.05) is 11.8 Å². The van der Waals surface area contributed by atoms with E-state index in [1.807, 2.05) is 48.4 Å². The van der Waals surface area contributed by atoms with Crippen molar-refractivity contribution in [3.63, 3.8) is 0 Å². The lowest BCUT2D eigenvalue weighted by Crippen LogP contribution is -2.10. The molecule has 3 rings (SSSR count). The Bertz CT molecular complexity index is 804. The maximum atomic E-state index is 4.58. The van der Waals surface area contributed by atoms with Gasteiger partial charge < -0.3 is 9.88 Å². The predicted octanol–water partition coefficient (Wildman–Crippen LogP) is 2.59. The summed E-state index contributed by atoms with van der Waals surface area (Å²) in [6, 6.07) is 2.03. The Hall–Kier alpha value is -2.02. The summed E-state index contributed by atoms with van der Waals surface area (Å²) in [7, 11) is 2.01. The van der Waals surface area contributed by atoms with E-state index in [0.717, 1.165) is 45.9 Å². The van der Waals surface area contributed by atoms with Crippen molar-refractivity contribution in [2.45, 2.75) is 25.9 Å². The van der Waals surface area contributed by atoms with E-state index in [1.54, 1.807) is 11.8 Å². The fourth-order valence-electron chi connectivity index (χ4n) is 2.29. The van der Waals surface area contributed by atoms with Crippen LogP contribution in [0, 0.1) is 20.8 Å². The first-order chi connectivity index (χ1) is 10.6. The molecule has 0 saturated carbocycles. The number of anilines is 1. The highest BCUT2D eigenvalue weighted by Gasteiger charge is 2.10. The van der Waals surface area contributed by atoms with Crippen molar-refractivity contribution in [2.24, 2.45) is 7.05 Å². The van der Waals surface area contributed by atoms with Gasteiger partial charge in [0.1, 0.15) is 5.82 Å². The van der Waals surface area contributed by atoms with Gasteiger partial charge in [0.2, 0.25) is 0 Å². The van der Waals surface area contributed by atoms with Crippen molar-refractivity contribution in [2.75, 3.05) is 17.6 Å². The number of aryl methyl sites for hydroxylation is 4. The van der Waals surface area contributed by atoms with Crippen molar-refractivity contribution in [1.82, 2.24) is 24.1 Å². The fourth-order valence-corrected chi connectivity index (χ4v) is 3.08. The molecule has 0 aliphatic carbocycles. The molecule has 22 heavy (non-hydrogen) atoms. The molecule has 0 saturated heterocycles.